The van der Waals surface area contributed by atoms with Gasteiger partial charge in [-0.05, 0) is 131 Å². The molecule has 0 bridgehead atoms. The number of carboxylic acids is 1. The van der Waals surface area contributed by atoms with Crippen LogP contribution in [0.4, 0.5) is 0 Å². The van der Waals surface area contributed by atoms with Crippen molar-refractivity contribution in [2.45, 2.75) is 196 Å². The van der Waals surface area contributed by atoms with Crippen LogP contribution in [0, 0.1) is 38.9 Å². The Balaban J connectivity index is 1.46. The summed E-state index contributed by atoms with van der Waals surface area (Å²) in [6.45, 7) is 29.7. The predicted octanol–water partition coefficient (Wildman–Crippen LogP) is 11.2. The first-order valence-electron chi connectivity index (χ1n) is 24.4. The van der Waals surface area contributed by atoms with Crippen LogP contribution in [0.5, 0.6) is 0 Å². The molecule has 0 radical (unpaired) electrons. The van der Waals surface area contributed by atoms with E-state index in [2.05, 4.69) is 39.8 Å². The number of methoxy groups -OCH3 is 1. The van der Waals surface area contributed by atoms with Gasteiger partial charge in [0.1, 0.15) is 0 Å². The molecule has 4 heterocycles. The molecule has 12 heteroatoms. The van der Waals surface area contributed by atoms with Gasteiger partial charge in [0.2, 0.25) is 0 Å². The highest BCUT2D eigenvalue weighted by molar-refractivity contribution is 5.99. The number of aliphatic carboxylic acids is 1. The molecule has 4 aliphatic rings. The van der Waals surface area contributed by atoms with Crippen LogP contribution in [0.3, 0.4) is 0 Å². The zero-order valence-electron chi connectivity index (χ0n) is 42.5. The highest BCUT2D eigenvalue weighted by Crippen LogP contribution is 2.40. The minimum atomic E-state index is -1.75. The van der Waals surface area contributed by atoms with E-state index in [0.29, 0.717) is 52.9 Å². The van der Waals surface area contributed by atoms with Crippen molar-refractivity contribution in [3.05, 3.63) is 24.3 Å². The van der Waals surface area contributed by atoms with E-state index >= 15 is 0 Å². The molecule has 0 aromatic carbocycles. The number of carboxylic acid groups (broad SMARTS) is 1. The van der Waals surface area contributed by atoms with Crippen LogP contribution in [-0.2, 0) is 52.2 Å². The third-order valence-electron chi connectivity index (χ3n) is 14.3. The Morgan fingerprint density at radius 1 is 0.484 bits per heavy atom. The smallest absolute Gasteiger partial charge is 0.323 e. The monoisotopic (exact) mass is 907 g/mol. The third-order valence-corrected chi connectivity index (χ3v) is 14.3. The third kappa shape index (κ3) is 17.3. The summed E-state index contributed by atoms with van der Waals surface area (Å²) >= 11 is 0. The SMILES string of the molecule is COC(=O)C(C/C=C/C(CCCC1(C)COC(C)(C)OC1)CCCC1(C)COC(C)(C)OC1)(C/C=C/C(CCCC1(C)COC(C)(C)OC1)CCCC1(C)COC(C)(C)OC1)C(=O)O. The molecule has 1 N–H and O–H groups in total. The van der Waals surface area contributed by atoms with E-state index in [1.807, 2.05) is 67.5 Å². The topological polar surface area (TPSA) is 137 Å². The number of rotatable bonds is 24. The molecule has 0 aromatic rings. The second-order valence-corrected chi connectivity index (χ2v) is 23.4. The van der Waals surface area contributed by atoms with Gasteiger partial charge in [0.15, 0.2) is 28.6 Å². The number of ether oxygens (including phenoxy) is 9. The fourth-order valence-electron chi connectivity index (χ4n) is 9.16. The normalized spacial score (nSPS) is 24.6. The Kier molecular flexibility index (Phi) is 19.2. The summed E-state index contributed by atoms with van der Waals surface area (Å²) in [5.41, 5.74) is -2.04. The van der Waals surface area contributed by atoms with Crippen LogP contribution in [0.2, 0.25) is 0 Å². The highest BCUT2D eigenvalue weighted by Gasteiger charge is 2.46. The van der Waals surface area contributed by atoms with Gasteiger partial charge in [0.05, 0.1) is 60.0 Å². The minimum Gasteiger partial charge on any atom is -0.480 e. The zero-order valence-corrected chi connectivity index (χ0v) is 42.5. The van der Waals surface area contributed by atoms with Crippen molar-refractivity contribution in [3.8, 4) is 0 Å². The van der Waals surface area contributed by atoms with Crippen molar-refractivity contribution in [1.29, 1.82) is 0 Å². The average molecular weight is 907 g/mol. The first-order valence-corrected chi connectivity index (χ1v) is 24.4. The van der Waals surface area contributed by atoms with Crippen molar-refractivity contribution in [1.82, 2.24) is 0 Å². The van der Waals surface area contributed by atoms with Gasteiger partial charge in [-0.1, -0.05) is 77.7 Å². The number of allylic oxidation sites excluding steroid dienone is 4. The maximum Gasteiger partial charge on any atom is 0.323 e. The minimum absolute atomic E-state index is 0.0346. The quantitative estimate of drug-likeness (QED) is 0.0560. The molecular weight excluding hydrogens is 817 g/mol. The summed E-state index contributed by atoms with van der Waals surface area (Å²) in [5, 5.41) is 10.8. The Morgan fingerprint density at radius 2 is 0.719 bits per heavy atom. The predicted molar refractivity (Wildman–Crippen MR) is 248 cm³/mol. The van der Waals surface area contributed by atoms with E-state index in [9.17, 15) is 14.7 Å². The van der Waals surface area contributed by atoms with E-state index in [0.717, 1.165) is 77.0 Å². The van der Waals surface area contributed by atoms with Crippen LogP contribution in [0.25, 0.3) is 0 Å². The lowest BCUT2D eigenvalue weighted by molar-refractivity contribution is -0.283. The van der Waals surface area contributed by atoms with Gasteiger partial charge in [-0.15, -0.1) is 0 Å². The van der Waals surface area contributed by atoms with Crippen molar-refractivity contribution in [3.63, 3.8) is 0 Å². The molecule has 4 saturated heterocycles. The van der Waals surface area contributed by atoms with Gasteiger partial charge in [0.25, 0.3) is 0 Å². The Hall–Kier alpha value is -1.90. The molecule has 0 saturated carbocycles. The Labute approximate surface area is 387 Å². The molecule has 4 fully saturated rings. The van der Waals surface area contributed by atoms with Gasteiger partial charge in [-0.25, -0.2) is 0 Å². The first kappa shape index (κ1) is 54.7. The van der Waals surface area contributed by atoms with Gasteiger partial charge < -0.3 is 47.7 Å². The maximum absolute atomic E-state index is 13.6. The molecule has 370 valence electrons. The average Bonchev–Trinajstić information content (AvgIpc) is 3.22. The molecule has 4 rings (SSSR count). The summed E-state index contributed by atoms with van der Waals surface area (Å²) in [7, 11) is 1.28. The lowest BCUT2D eigenvalue weighted by Gasteiger charge is -2.42. The number of hydrogen-bond donors (Lipinski definition) is 1. The maximum atomic E-state index is 13.6. The fourth-order valence-corrected chi connectivity index (χ4v) is 9.16. The lowest BCUT2D eigenvalue weighted by atomic mass is 9.78. The summed E-state index contributed by atoms with van der Waals surface area (Å²) in [6, 6.07) is 0. The van der Waals surface area contributed by atoms with Crippen LogP contribution in [-0.4, -0.2) is 100 Å². The van der Waals surface area contributed by atoms with Gasteiger partial charge in [-0.3, -0.25) is 9.59 Å². The van der Waals surface area contributed by atoms with Crippen LogP contribution >= 0.6 is 0 Å². The van der Waals surface area contributed by atoms with E-state index in [-0.39, 0.29) is 46.3 Å². The van der Waals surface area contributed by atoms with Gasteiger partial charge in [-0.2, -0.15) is 0 Å². The van der Waals surface area contributed by atoms with E-state index in [1.54, 1.807) is 0 Å². The largest absolute Gasteiger partial charge is 0.480 e. The molecule has 0 aliphatic carbocycles. The van der Waals surface area contributed by atoms with Gasteiger partial charge in [0, 0.05) is 21.7 Å². The van der Waals surface area contributed by atoms with Crippen molar-refractivity contribution < 1.29 is 57.3 Å². The molecule has 0 spiro atoms. The molecule has 64 heavy (non-hydrogen) atoms. The van der Waals surface area contributed by atoms with E-state index < -0.39 is 40.5 Å². The Morgan fingerprint density at radius 3 is 0.922 bits per heavy atom. The molecule has 0 atom stereocenters. The molecule has 0 amide bonds. The Bertz CT molecular complexity index is 1330. The van der Waals surface area contributed by atoms with E-state index in [1.165, 1.54) is 7.11 Å². The van der Waals surface area contributed by atoms with E-state index in [4.69, 9.17) is 42.6 Å². The summed E-state index contributed by atoms with van der Waals surface area (Å²) in [6.07, 6.45) is 19.6. The zero-order chi connectivity index (χ0) is 47.6. The summed E-state index contributed by atoms with van der Waals surface area (Å²) in [4.78, 5) is 26.8. The number of carbonyl (C=O) groups excluding carboxylic acids is 1. The molecular formula is C52H90O12. The number of carbonyl (C=O) groups is 2. The lowest BCUT2D eigenvalue weighted by Crippen LogP contribution is -2.45. The molecule has 12 nitrogen and oxygen atoms in total. The molecule has 4 aliphatic heterocycles. The van der Waals surface area contributed by atoms with Crippen LogP contribution < -0.4 is 0 Å². The van der Waals surface area contributed by atoms with Crippen LogP contribution in [0.1, 0.15) is 173 Å². The first-order chi connectivity index (χ1) is 29.7. The summed E-state index contributed by atoms with van der Waals surface area (Å²) in [5.74, 6) is -3.79. The number of esters is 1. The standard InChI is InChI=1S/C52H90O12/c1-44(2)57-32-48(9,33-58-44)26-14-20-40(21-15-27-49(10)34-59-45(3,4)60-35-49)24-18-30-52(42(53)54,43(55)56-13)31-19-25-41(22-16-28-50(11)36-61-46(5,6)62-37-50)23-17-29-51(12)38-63-47(7,8)64-39-51/h18-19,24-25,40-41H,14-17,20-23,26-39H2,1-13H3,(H,53,54)/b24-18+,25-19+. The molecule has 0 aromatic heterocycles. The van der Waals surface area contributed by atoms with Crippen molar-refractivity contribution in [2.24, 2.45) is 38.9 Å². The van der Waals surface area contributed by atoms with Crippen molar-refractivity contribution in [2.75, 3.05) is 60.0 Å². The summed E-state index contributed by atoms with van der Waals surface area (Å²) < 4.78 is 53.5. The van der Waals surface area contributed by atoms with Crippen molar-refractivity contribution >= 4 is 11.9 Å². The fraction of sp³-hybridized carbons (Fsp3) is 0.885. The van der Waals surface area contributed by atoms with Crippen LogP contribution in [0.15, 0.2) is 24.3 Å². The molecule has 0 unspecified atom stereocenters. The second-order valence-electron chi connectivity index (χ2n) is 23.4. The second kappa shape index (κ2) is 22.5. The number of hydrogen-bond acceptors (Lipinski definition) is 11. The van der Waals surface area contributed by atoms with Gasteiger partial charge >= 0.3 is 11.9 Å². The highest BCUT2D eigenvalue weighted by atomic mass is 16.7.